The monoisotopic (exact) mass is 291 g/mol. The van der Waals surface area contributed by atoms with Crippen LogP contribution in [-0.2, 0) is 32.7 Å². The molecule has 0 bridgehead atoms. The molecule has 1 radical (unpaired) electrons. The Bertz CT molecular complexity index is 375. The first-order chi connectivity index (χ1) is 7.04. The van der Waals surface area contributed by atoms with Gasteiger partial charge in [-0.1, -0.05) is 31.4 Å². The molecule has 1 aliphatic carbocycles. The first-order valence-electron chi connectivity index (χ1n) is 5.57. The van der Waals surface area contributed by atoms with Crippen LogP contribution in [0.1, 0.15) is 47.0 Å². The quantitative estimate of drug-likeness (QED) is 0.709. The largest absolute Gasteiger partial charge is 0.805 e. The minimum absolute atomic E-state index is 0. The molecule has 0 fully saturated rings. The molecule has 85 valence electrons. The van der Waals surface area contributed by atoms with Gasteiger partial charge in [0.05, 0.1) is 0 Å². The molecule has 0 saturated carbocycles. The summed E-state index contributed by atoms with van der Waals surface area (Å²) in [6.07, 6.45) is 2.91. The molecule has 2 nitrogen and oxygen atoms in total. The first kappa shape index (κ1) is 15.9. The van der Waals surface area contributed by atoms with E-state index in [0.717, 1.165) is 30.4 Å². The summed E-state index contributed by atoms with van der Waals surface area (Å²) in [6.45, 7) is 7.95. The molecule has 1 rings (SSSR count). The fraction of sp³-hybridized carbons (Fsp3) is 0.538. The summed E-state index contributed by atoms with van der Waals surface area (Å²) in [5, 5.41) is 19.5. The van der Waals surface area contributed by atoms with Gasteiger partial charge in [0.1, 0.15) is 0 Å². The molecule has 3 heteroatoms. The maximum absolute atomic E-state index is 9.76. The second-order valence-corrected chi connectivity index (χ2v) is 4.01. The minimum Gasteiger partial charge on any atom is -0.805 e. The Hall–Kier alpha value is -0.0761. The van der Waals surface area contributed by atoms with Gasteiger partial charge < -0.3 is 10.8 Å². The predicted octanol–water partition coefficient (Wildman–Crippen LogP) is 3.86. The zero-order chi connectivity index (χ0) is 11.6. The number of nitrogens with zero attached hydrogens (tertiary/aromatic N) is 2. The van der Waals surface area contributed by atoms with Crippen molar-refractivity contribution in [3.8, 4) is 0 Å². The van der Waals surface area contributed by atoms with Gasteiger partial charge in [0.15, 0.2) is 0 Å². The fourth-order valence-electron chi connectivity index (χ4n) is 2.16. The molecule has 0 amide bonds. The predicted molar refractivity (Wildman–Crippen MR) is 67.3 cm³/mol. The van der Waals surface area contributed by atoms with Crippen molar-refractivity contribution in [2.24, 2.45) is 0 Å². The minimum atomic E-state index is 0. The molecule has 0 aliphatic heterocycles. The van der Waals surface area contributed by atoms with Crippen LogP contribution in [0.25, 0.3) is 10.8 Å². The molecule has 0 atom stereocenters. The van der Waals surface area contributed by atoms with Gasteiger partial charge in [-0.25, -0.2) is 0 Å². The van der Waals surface area contributed by atoms with Crippen LogP contribution in [0.15, 0.2) is 22.3 Å². The van der Waals surface area contributed by atoms with Gasteiger partial charge in [0, 0.05) is 32.7 Å². The summed E-state index contributed by atoms with van der Waals surface area (Å²) in [4.78, 5) is 0. The summed E-state index contributed by atoms with van der Waals surface area (Å²) in [7, 11) is 0. The van der Waals surface area contributed by atoms with Gasteiger partial charge in [-0.2, -0.15) is 11.4 Å². The van der Waals surface area contributed by atoms with Gasteiger partial charge in [0.2, 0.25) is 0 Å². The van der Waals surface area contributed by atoms with E-state index in [0.29, 0.717) is 0 Å². The zero-order valence-corrected chi connectivity index (χ0v) is 13.4. The Morgan fingerprint density at radius 3 is 1.69 bits per heavy atom. The number of allylic oxidation sites excluding steroid dienone is 4. The third-order valence-electron chi connectivity index (χ3n) is 3.06. The van der Waals surface area contributed by atoms with Crippen molar-refractivity contribution in [3.63, 3.8) is 0 Å². The average Bonchev–Trinajstić information content (AvgIpc) is 2.24. The van der Waals surface area contributed by atoms with Crippen LogP contribution < -0.4 is 0 Å². The van der Waals surface area contributed by atoms with Crippen LogP contribution in [0.2, 0.25) is 0 Å². The van der Waals surface area contributed by atoms with Crippen molar-refractivity contribution in [3.05, 3.63) is 33.1 Å². The van der Waals surface area contributed by atoms with E-state index in [4.69, 9.17) is 0 Å². The summed E-state index contributed by atoms with van der Waals surface area (Å²) < 4.78 is 0. The van der Waals surface area contributed by atoms with E-state index in [-0.39, 0.29) is 44.1 Å². The Balaban J connectivity index is 0.00000225. The van der Waals surface area contributed by atoms with Gasteiger partial charge >= 0.3 is 0 Å². The van der Waals surface area contributed by atoms with Crippen LogP contribution in [0.3, 0.4) is 0 Å². The molecule has 0 spiro atoms. The van der Waals surface area contributed by atoms with Crippen LogP contribution in [0.4, 0.5) is 0 Å². The van der Waals surface area contributed by atoms with Crippen molar-refractivity contribution in [2.45, 2.75) is 47.0 Å². The number of hydrogen-bond donors (Lipinski definition) is 0. The van der Waals surface area contributed by atoms with E-state index >= 15 is 0 Å². The summed E-state index contributed by atoms with van der Waals surface area (Å²) in [5.41, 5.74) is 4.13. The third kappa shape index (κ3) is 2.78. The second kappa shape index (κ2) is 6.61. The maximum Gasteiger partial charge on any atom is 0 e. The van der Waals surface area contributed by atoms with Gasteiger partial charge in [-0.3, -0.25) is 0 Å². The van der Waals surface area contributed by atoms with Crippen LogP contribution in [-0.4, -0.2) is 11.4 Å². The van der Waals surface area contributed by atoms with Gasteiger partial charge in [0.25, 0.3) is 0 Å². The van der Waals surface area contributed by atoms with E-state index in [1.807, 2.05) is 13.8 Å². The molecule has 16 heavy (non-hydrogen) atoms. The number of rotatable bonds is 3. The van der Waals surface area contributed by atoms with Crippen molar-refractivity contribution < 1.29 is 32.7 Å². The van der Waals surface area contributed by atoms with Gasteiger partial charge in [-0.05, 0) is 37.8 Å². The molecule has 0 heterocycles. The van der Waals surface area contributed by atoms with E-state index in [2.05, 4.69) is 13.8 Å². The fourth-order valence-corrected chi connectivity index (χ4v) is 2.16. The second-order valence-electron chi connectivity index (χ2n) is 4.01. The smallest absolute Gasteiger partial charge is 0 e. The Kier molecular flexibility index (Phi) is 6.58. The summed E-state index contributed by atoms with van der Waals surface area (Å²) in [5.74, 6) is 0. The molecule has 0 N–H and O–H groups in total. The average molecular weight is 291 g/mol. The molecule has 0 aromatic rings. The first-order valence-corrected chi connectivity index (χ1v) is 5.57. The van der Waals surface area contributed by atoms with E-state index < -0.39 is 0 Å². The standard InChI is InChI=1S/C13H18N2.Y/c1-5-7-11-9(4)13(15)12(14)8(3)10(11)6-2;/h5-7H2,1-4H3;/q-2;. The van der Waals surface area contributed by atoms with Crippen molar-refractivity contribution in [1.82, 2.24) is 0 Å². The summed E-state index contributed by atoms with van der Waals surface area (Å²) >= 11 is 0. The van der Waals surface area contributed by atoms with Gasteiger partial charge in [-0.15, -0.1) is 0 Å². The van der Waals surface area contributed by atoms with Crippen molar-refractivity contribution >= 4 is 11.4 Å². The SMILES string of the molecule is CCCC1=C(C)C(=[N-])C(=[N-])C(C)=C1CC.[Y]. The normalized spacial score (nSPS) is 16.8. The van der Waals surface area contributed by atoms with E-state index in [9.17, 15) is 10.8 Å². The molecule has 1 aliphatic rings. The molecular formula is C13H18N2Y-2. The Morgan fingerprint density at radius 2 is 1.31 bits per heavy atom. The Labute approximate surface area is 123 Å². The van der Waals surface area contributed by atoms with Crippen LogP contribution in [0.5, 0.6) is 0 Å². The van der Waals surface area contributed by atoms with Crippen molar-refractivity contribution in [1.29, 1.82) is 0 Å². The summed E-state index contributed by atoms with van der Waals surface area (Å²) in [6, 6.07) is 0. The third-order valence-corrected chi connectivity index (χ3v) is 3.06. The topological polar surface area (TPSA) is 44.6 Å². The molecule has 0 aromatic carbocycles. The molecular weight excluding hydrogens is 273 g/mol. The van der Waals surface area contributed by atoms with Crippen LogP contribution in [0, 0.1) is 0 Å². The number of hydrogen-bond acceptors (Lipinski definition) is 0. The van der Waals surface area contributed by atoms with Crippen molar-refractivity contribution in [2.75, 3.05) is 0 Å². The molecule has 0 aromatic heterocycles. The van der Waals surface area contributed by atoms with E-state index in [1.165, 1.54) is 11.1 Å². The zero-order valence-electron chi connectivity index (χ0n) is 10.6. The Morgan fingerprint density at radius 1 is 0.875 bits per heavy atom. The van der Waals surface area contributed by atoms with Crippen LogP contribution >= 0.6 is 0 Å². The molecule has 0 saturated heterocycles. The molecule has 0 unspecified atom stereocenters. The maximum atomic E-state index is 9.76. The van der Waals surface area contributed by atoms with E-state index in [1.54, 1.807) is 0 Å².